The lowest BCUT2D eigenvalue weighted by molar-refractivity contribution is 0.139. The first-order valence-electron chi connectivity index (χ1n) is 13.5. The van der Waals surface area contributed by atoms with Gasteiger partial charge in [0, 0.05) is 70.2 Å². The molecule has 4 aromatic carbocycles. The lowest BCUT2D eigenvalue weighted by Gasteiger charge is -2.44. The van der Waals surface area contributed by atoms with Crippen molar-refractivity contribution in [3.05, 3.63) is 102 Å². The Balaban J connectivity index is 1.60. The minimum Gasteiger partial charge on any atom is -0.472 e. The number of para-hydroxylation sites is 2. The van der Waals surface area contributed by atoms with Crippen molar-refractivity contribution in [3.63, 3.8) is 0 Å². The number of H-pyrrole nitrogens is 1. The van der Waals surface area contributed by atoms with Crippen LogP contribution < -0.4 is 19.7 Å². The summed E-state index contributed by atoms with van der Waals surface area (Å²) in [4.78, 5) is 6.09. The maximum atomic E-state index is 7.25. The zero-order valence-corrected chi connectivity index (χ0v) is 22.0. The second-order valence-corrected chi connectivity index (χ2v) is 9.90. The van der Waals surface area contributed by atoms with Crippen molar-refractivity contribution in [3.8, 4) is 28.5 Å². The van der Waals surface area contributed by atoms with Crippen LogP contribution in [0.1, 0.15) is 37.5 Å². The van der Waals surface area contributed by atoms with Gasteiger partial charge >= 0.3 is 0 Å². The van der Waals surface area contributed by atoms with Gasteiger partial charge in [0.2, 0.25) is 0 Å². The topological polar surface area (TPSA) is 49.5 Å². The molecule has 5 nitrogen and oxygen atoms in total. The normalized spacial score (nSPS) is 16.6. The number of aromatic nitrogens is 1. The molecule has 38 heavy (non-hydrogen) atoms. The van der Waals surface area contributed by atoms with Gasteiger partial charge in [-0.1, -0.05) is 30.3 Å². The van der Waals surface area contributed by atoms with Crippen molar-refractivity contribution in [1.82, 2.24) is 4.98 Å². The largest absolute Gasteiger partial charge is 0.472 e. The third-order valence-electron chi connectivity index (χ3n) is 7.91. The highest BCUT2D eigenvalue weighted by atomic mass is 16.5. The molecule has 0 radical (unpaired) electrons. The van der Waals surface area contributed by atoms with Gasteiger partial charge in [0.15, 0.2) is 5.60 Å². The van der Waals surface area contributed by atoms with Crippen LogP contribution in [0.15, 0.2) is 84.9 Å². The molecule has 0 amide bonds. The van der Waals surface area contributed by atoms with Gasteiger partial charge in [0.25, 0.3) is 0 Å². The van der Waals surface area contributed by atoms with Gasteiger partial charge in [-0.15, -0.1) is 0 Å². The number of benzene rings is 4. The molecule has 0 aliphatic carbocycles. The summed E-state index contributed by atoms with van der Waals surface area (Å²) in [6, 6.07) is 29.8. The van der Waals surface area contributed by atoms with Crippen molar-refractivity contribution in [2.45, 2.75) is 26.4 Å². The maximum Gasteiger partial charge on any atom is 0.194 e. The van der Waals surface area contributed by atoms with E-state index in [0.717, 1.165) is 87.1 Å². The van der Waals surface area contributed by atoms with Crippen LogP contribution in [0.2, 0.25) is 0 Å². The first-order valence-corrected chi connectivity index (χ1v) is 13.5. The monoisotopic (exact) mass is 501 g/mol. The quantitative estimate of drug-likeness (QED) is 0.257. The lowest BCUT2D eigenvalue weighted by Crippen LogP contribution is -2.41. The van der Waals surface area contributed by atoms with E-state index in [0.29, 0.717) is 0 Å². The fourth-order valence-corrected chi connectivity index (χ4v) is 6.21. The lowest BCUT2D eigenvalue weighted by atomic mass is 9.74. The van der Waals surface area contributed by atoms with E-state index < -0.39 is 5.60 Å². The number of ether oxygens (including phenoxy) is 2. The summed E-state index contributed by atoms with van der Waals surface area (Å²) in [5, 5.41) is 4.64. The average molecular weight is 502 g/mol. The molecule has 1 spiro atoms. The molecule has 2 N–H and O–H groups in total. The minimum absolute atomic E-state index is 0.812. The van der Waals surface area contributed by atoms with Crippen LogP contribution in [-0.2, 0) is 5.60 Å². The van der Waals surface area contributed by atoms with Crippen LogP contribution in [0.5, 0.6) is 17.2 Å². The summed E-state index contributed by atoms with van der Waals surface area (Å²) in [5.74, 6) is 2.49. The highest BCUT2D eigenvalue weighted by Gasteiger charge is 2.52. The summed E-state index contributed by atoms with van der Waals surface area (Å²) in [6.45, 7) is 9.17. The summed E-state index contributed by atoms with van der Waals surface area (Å²) < 4.78 is 13.9. The number of nitrogens with one attached hydrogen (secondary N) is 2. The number of hydrogen-bond acceptors (Lipinski definition) is 4. The SMILES string of the molecule is CCNc1ccc2c(c1)C1(Oc3ccccc3-c3[nH]c4ccccc4c31)c1ccc(N(CC)CC)cc1O2. The van der Waals surface area contributed by atoms with Crippen LogP contribution in [0.25, 0.3) is 22.2 Å². The van der Waals surface area contributed by atoms with E-state index in [9.17, 15) is 0 Å². The molecule has 5 heteroatoms. The Hall–Kier alpha value is -4.38. The Morgan fingerprint density at radius 1 is 0.789 bits per heavy atom. The minimum atomic E-state index is -0.889. The summed E-state index contributed by atoms with van der Waals surface area (Å²) in [6.07, 6.45) is 0. The van der Waals surface area contributed by atoms with Crippen LogP contribution in [0.4, 0.5) is 11.4 Å². The molecule has 2 aliphatic rings. The van der Waals surface area contributed by atoms with Crippen LogP contribution >= 0.6 is 0 Å². The predicted molar refractivity (Wildman–Crippen MR) is 155 cm³/mol. The Morgan fingerprint density at radius 2 is 1.61 bits per heavy atom. The van der Waals surface area contributed by atoms with Gasteiger partial charge in [-0.2, -0.15) is 0 Å². The maximum absolute atomic E-state index is 7.25. The summed E-state index contributed by atoms with van der Waals surface area (Å²) >= 11 is 0. The number of hydrogen-bond donors (Lipinski definition) is 2. The Labute approximate surface area is 223 Å². The average Bonchev–Trinajstić information content (AvgIpc) is 3.35. The molecule has 7 rings (SSSR count). The van der Waals surface area contributed by atoms with Gasteiger partial charge in [0.05, 0.1) is 5.69 Å². The van der Waals surface area contributed by atoms with Crippen LogP contribution in [-0.4, -0.2) is 24.6 Å². The molecule has 1 unspecified atom stereocenters. The van der Waals surface area contributed by atoms with Crippen LogP contribution in [0, 0.1) is 0 Å². The van der Waals surface area contributed by atoms with Crippen molar-refractivity contribution in [1.29, 1.82) is 0 Å². The smallest absolute Gasteiger partial charge is 0.194 e. The molecular weight excluding hydrogens is 470 g/mol. The molecular formula is C33H31N3O2. The third kappa shape index (κ3) is 3.11. The number of fused-ring (bicyclic) bond motifs is 10. The molecule has 1 aromatic heterocycles. The summed E-state index contributed by atoms with van der Waals surface area (Å²) in [5.41, 5.74) is 7.69. The number of nitrogens with zero attached hydrogens (tertiary/aromatic N) is 1. The molecule has 3 heterocycles. The van der Waals surface area contributed by atoms with Gasteiger partial charge in [-0.3, -0.25) is 0 Å². The van der Waals surface area contributed by atoms with E-state index in [2.05, 4.69) is 115 Å². The highest BCUT2D eigenvalue weighted by Crippen LogP contribution is 2.60. The molecule has 0 bridgehead atoms. The molecule has 0 saturated carbocycles. The molecule has 5 aromatic rings. The van der Waals surface area contributed by atoms with Gasteiger partial charge < -0.3 is 24.7 Å². The predicted octanol–water partition coefficient (Wildman–Crippen LogP) is 7.90. The molecule has 190 valence electrons. The van der Waals surface area contributed by atoms with Crippen molar-refractivity contribution in [2.24, 2.45) is 0 Å². The molecule has 0 saturated heterocycles. The highest BCUT2D eigenvalue weighted by molar-refractivity contribution is 5.96. The number of aromatic amines is 1. The Kier molecular flexibility index (Phi) is 5.15. The second kappa shape index (κ2) is 8.59. The van der Waals surface area contributed by atoms with E-state index in [1.807, 2.05) is 6.07 Å². The molecule has 2 aliphatic heterocycles. The van der Waals surface area contributed by atoms with E-state index in [-0.39, 0.29) is 0 Å². The first kappa shape index (κ1) is 22.8. The van der Waals surface area contributed by atoms with E-state index in [1.165, 1.54) is 0 Å². The first-order chi connectivity index (χ1) is 18.7. The zero-order valence-electron chi connectivity index (χ0n) is 22.0. The van der Waals surface area contributed by atoms with Crippen LogP contribution in [0.3, 0.4) is 0 Å². The summed E-state index contributed by atoms with van der Waals surface area (Å²) in [7, 11) is 0. The van der Waals surface area contributed by atoms with E-state index in [4.69, 9.17) is 9.47 Å². The van der Waals surface area contributed by atoms with E-state index >= 15 is 0 Å². The Bertz CT molecular complexity index is 1680. The van der Waals surface area contributed by atoms with Crippen molar-refractivity contribution in [2.75, 3.05) is 29.9 Å². The standard InChI is InChI=1S/C33H31N3O2/c1-4-34-21-15-18-29-26(19-21)33(25-17-16-22(20-30(25)37-29)36(5-2)6-3)31-23-11-7-9-13-27(23)35-32(31)24-12-8-10-14-28(24)38-33/h7-20,34-35H,4-6H2,1-3H3. The van der Waals surface area contributed by atoms with E-state index in [1.54, 1.807) is 0 Å². The molecule has 0 fully saturated rings. The fraction of sp³-hybridized carbons (Fsp3) is 0.212. The molecule has 1 atom stereocenters. The van der Waals surface area contributed by atoms with Gasteiger partial charge in [0.1, 0.15) is 17.2 Å². The van der Waals surface area contributed by atoms with Gasteiger partial charge in [-0.05, 0) is 69.3 Å². The zero-order chi connectivity index (χ0) is 25.9. The third-order valence-corrected chi connectivity index (χ3v) is 7.91. The second-order valence-electron chi connectivity index (χ2n) is 9.90. The van der Waals surface area contributed by atoms with Crippen molar-refractivity contribution < 1.29 is 9.47 Å². The van der Waals surface area contributed by atoms with Crippen molar-refractivity contribution >= 4 is 22.3 Å². The Morgan fingerprint density at radius 3 is 2.45 bits per heavy atom. The number of rotatable bonds is 5. The fourth-order valence-electron chi connectivity index (χ4n) is 6.21. The van der Waals surface area contributed by atoms with Gasteiger partial charge in [-0.25, -0.2) is 0 Å². The number of anilines is 2.